The number of likely N-dealkylation sites (N-methyl/N-ethyl adjacent to an activating group) is 1. The van der Waals surface area contributed by atoms with Crippen LogP contribution in [0.4, 0.5) is 0 Å². The minimum atomic E-state index is 0.465. The van der Waals surface area contributed by atoms with Crippen LogP contribution in [0.1, 0.15) is 32.3 Å². The van der Waals surface area contributed by atoms with E-state index in [1.165, 1.54) is 22.9 Å². The van der Waals surface area contributed by atoms with Gasteiger partial charge in [0.15, 0.2) is 0 Å². The van der Waals surface area contributed by atoms with E-state index < -0.39 is 0 Å². The summed E-state index contributed by atoms with van der Waals surface area (Å²) in [4.78, 5) is 2.39. The zero-order chi connectivity index (χ0) is 13.5. The average molecular weight is 313 g/mol. The molecule has 1 atom stereocenters. The highest BCUT2D eigenvalue weighted by molar-refractivity contribution is 9.10. The summed E-state index contributed by atoms with van der Waals surface area (Å²) >= 11 is 3.61. The molecule has 1 unspecified atom stereocenters. The van der Waals surface area contributed by atoms with Gasteiger partial charge in [0, 0.05) is 23.6 Å². The molecular formula is C15H25BrN2. The topological polar surface area (TPSA) is 29.3 Å². The number of halogens is 1. The number of hydrogen-bond donors (Lipinski definition) is 1. The lowest BCUT2D eigenvalue weighted by molar-refractivity contribution is 0.165. The number of benzene rings is 1. The first-order valence-corrected chi connectivity index (χ1v) is 7.57. The smallest absolute Gasteiger partial charge is 0.0246 e. The molecule has 1 aromatic rings. The second kappa shape index (κ2) is 7.93. The number of nitrogens with zero attached hydrogens (tertiary/aromatic N) is 1. The van der Waals surface area contributed by atoms with Gasteiger partial charge in [-0.2, -0.15) is 0 Å². The van der Waals surface area contributed by atoms with Crippen LogP contribution >= 0.6 is 15.9 Å². The minimum absolute atomic E-state index is 0.465. The summed E-state index contributed by atoms with van der Waals surface area (Å²) < 4.78 is 1.18. The third kappa shape index (κ3) is 4.08. The Kier molecular flexibility index (Phi) is 6.90. The van der Waals surface area contributed by atoms with Gasteiger partial charge in [-0.3, -0.25) is 4.90 Å². The van der Waals surface area contributed by atoms with Crippen LogP contribution in [0.15, 0.2) is 28.7 Å². The van der Waals surface area contributed by atoms with Crippen molar-refractivity contribution in [1.29, 1.82) is 0 Å². The molecule has 18 heavy (non-hydrogen) atoms. The molecule has 102 valence electrons. The first-order valence-electron chi connectivity index (χ1n) is 6.77. The molecule has 1 aromatic carbocycles. The van der Waals surface area contributed by atoms with Gasteiger partial charge < -0.3 is 5.73 Å². The highest BCUT2D eigenvalue weighted by atomic mass is 79.9. The first kappa shape index (κ1) is 15.7. The van der Waals surface area contributed by atoms with Crippen LogP contribution in [-0.2, 0) is 6.54 Å². The van der Waals surface area contributed by atoms with Crippen molar-refractivity contribution in [3.63, 3.8) is 0 Å². The summed E-state index contributed by atoms with van der Waals surface area (Å²) in [5.74, 6) is 0.683. The third-order valence-electron chi connectivity index (χ3n) is 3.78. The molecule has 0 aliphatic rings. The lowest BCUT2D eigenvalue weighted by Gasteiger charge is -2.33. The van der Waals surface area contributed by atoms with Gasteiger partial charge >= 0.3 is 0 Å². The van der Waals surface area contributed by atoms with Crippen LogP contribution in [0.25, 0.3) is 0 Å². The van der Waals surface area contributed by atoms with Crippen molar-refractivity contribution >= 4 is 15.9 Å². The van der Waals surface area contributed by atoms with Crippen molar-refractivity contribution in [2.24, 2.45) is 11.7 Å². The first-order chi connectivity index (χ1) is 8.63. The Balaban J connectivity index is 2.73. The largest absolute Gasteiger partial charge is 0.329 e. The van der Waals surface area contributed by atoms with E-state index in [-0.39, 0.29) is 0 Å². The lowest BCUT2D eigenvalue weighted by atomic mass is 9.93. The van der Waals surface area contributed by atoms with E-state index in [9.17, 15) is 0 Å². The zero-order valence-electron chi connectivity index (χ0n) is 11.7. The maximum atomic E-state index is 5.96. The van der Waals surface area contributed by atoms with Gasteiger partial charge in [-0.25, -0.2) is 0 Å². The van der Waals surface area contributed by atoms with Crippen molar-refractivity contribution < 1.29 is 0 Å². The molecule has 0 spiro atoms. The summed E-state index contributed by atoms with van der Waals surface area (Å²) in [6, 6.07) is 8.86. The lowest BCUT2D eigenvalue weighted by Crippen LogP contribution is -2.42. The molecule has 3 heteroatoms. The van der Waals surface area contributed by atoms with E-state index in [0.717, 1.165) is 13.1 Å². The van der Waals surface area contributed by atoms with Crippen LogP contribution < -0.4 is 5.73 Å². The maximum absolute atomic E-state index is 5.96. The molecule has 1 rings (SSSR count). The average Bonchev–Trinajstić information content (AvgIpc) is 2.38. The van der Waals surface area contributed by atoms with Gasteiger partial charge in [-0.1, -0.05) is 60.8 Å². The molecule has 0 saturated heterocycles. The minimum Gasteiger partial charge on any atom is -0.329 e. The van der Waals surface area contributed by atoms with E-state index in [0.29, 0.717) is 12.0 Å². The molecular weight excluding hydrogens is 288 g/mol. The maximum Gasteiger partial charge on any atom is 0.0246 e. The van der Waals surface area contributed by atoms with Gasteiger partial charge in [0.05, 0.1) is 0 Å². The molecule has 0 heterocycles. The second-order valence-electron chi connectivity index (χ2n) is 4.89. The van der Waals surface area contributed by atoms with E-state index in [1.807, 2.05) is 0 Å². The summed E-state index contributed by atoms with van der Waals surface area (Å²) in [6.45, 7) is 6.18. The number of nitrogens with two attached hydrogens (primary N) is 1. The summed E-state index contributed by atoms with van der Waals surface area (Å²) in [6.07, 6.45) is 2.39. The van der Waals surface area contributed by atoms with Gasteiger partial charge in [0.1, 0.15) is 0 Å². The van der Waals surface area contributed by atoms with Crippen molar-refractivity contribution in [2.45, 2.75) is 39.3 Å². The molecule has 0 fully saturated rings. The fourth-order valence-corrected chi connectivity index (χ4v) is 2.99. The highest BCUT2D eigenvalue weighted by Crippen LogP contribution is 2.22. The quantitative estimate of drug-likeness (QED) is 0.832. The van der Waals surface area contributed by atoms with E-state index in [2.05, 4.69) is 66.0 Å². The molecule has 2 nitrogen and oxygen atoms in total. The van der Waals surface area contributed by atoms with E-state index in [4.69, 9.17) is 5.73 Å². The zero-order valence-corrected chi connectivity index (χ0v) is 13.3. The molecule has 2 N–H and O–H groups in total. The van der Waals surface area contributed by atoms with Gasteiger partial charge in [0.25, 0.3) is 0 Å². The molecule has 0 aromatic heterocycles. The summed E-state index contributed by atoms with van der Waals surface area (Å²) in [5, 5.41) is 0. The second-order valence-corrected chi connectivity index (χ2v) is 5.74. The monoisotopic (exact) mass is 312 g/mol. The standard InChI is InChI=1S/C15H25BrN2/c1-4-12(5-2)15(10-17)18(3)11-13-8-6-7-9-14(13)16/h6-9,12,15H,4-5,10-11,17H2,1-3H3. The summed E-state index contributed by atoms with van der Waals surface area (Å²) in [5.41, 5.74) is 7.29. The number of rotatable bonds is 7. The molecule has 0 aliphatic heterocycles. The van der Waals surface area contributed by atoms with Crippen LogP contribution in [0.5, 0.6) is 0 Å². The Bertz CT molecular complexity index is 350. The molecule has 0 bridgehead atoms. The predicted molar refractivity (Wildman–Crippen MR) is 82.5 cm³/mol. The van der Waals surface area contributed by atoms with Crippen molar-refractivity contribution in [3.05, 3.63) is 34.3 Å². The van der Waals surface area contributed by atoms with Crippen LogP contribution in [0, 0.1) is 5.92 Å². The summed E-state index contributed by atoms with van der Waals surface area (Å²) in [7, 11) is 2.18. The van der Waals surface area contributed by atoms with Crippen LogP contribution in [-0.4, -0.2) is 24.5 Å². The number of hydrogen-bond acceptors (Lipinski definition) is 2. The van der Waals surface area contributed by atoms with Gasteiger partial charge in [-0.15, -0.1) is 0 Å². The van der Waals surface area contributed by atoms with Crippen LogP contribution in [0.2, 0.25) is 0 Å². The van der Waals surface area contributed by atoms with Crippen LogP contribution in [0.3, 0.4) is 0 Å². The Labute approximate surface area is 120 Å². The van der Waals surface area contributed by atoms with Crippen molar-refractivity contribution in [1.82, 2.24) is 4.90 Å². The Hall–Kier alpha value is -0.380. The molecule has 0 saturated carbocycles. The van der Waals surface area contributed by atoms with E-state index >= 15 is 0 Å². The third-order valence-corrected chi connectivity index (χ3v) is 4.55. The molecule has 0 aliphatic carbocycles. The molecule has 0 radical (unpaired) electrons. The Morgan fingerprint density at radius 2 is 1.83 bits per heavy atom. The van der Waals surface area contributed by atoms with Crippen molar-refractivity contribution in [3.8, 4) is 0 Å². The predicted octanol–water partition coefficient (Wildman–Crippen LogP) is 3.64. The fraction of sp³-hybridized carbons (Fsp3) is 0.600. The van der Waals surface area contributed by atoms with E-state index in [1.54, 1.807) is 0 Å². The SMILES string of the molecule is CCC(CC)C(CN)N(C)Cc1ccccc1Br. The normalized spacial score (nSPS) is 13.3. The Morgan fingerprint density at radius 3 is 2.33 bits per heavy atom. The van der Waals surface area contributed by atoms with Gasteiger partial charge in [0.2, 0.25) is 0 Å². The Morgan fingerprint density at radius 1 is 1.22 bits per heavy atom. The molecule has 0 amide bonds. The van der Waals surface area contributed by atoms with Gasteiger partial charge in [-0.05, 0) is 24.6 Å². The fourth-order valence-electron chi connectivity index (χ4n) is 2.58. The van der Waals surface area contributed by atoms with Crippen molar-refractivity contribution in [2.75, 3.05) is 13.6 Å². The highest BCUT2D eigenvalue weighted by Gasteiger charge is 2.21.